The van der Waals surface area contributed by atoms with Crippen LogP contribution in [0.1, 0.15) is 37.1 Å². The molecule has 3 rings (SSSR count). The second-order valence-electron chi connectivity index (χ2n) is 7.51. The van der Waals surface area contributed by atoms with Gasteiger partial charge in [-0.15, -0.1) is 35.3 Å². The average molecular weight is 490 g/mol. The lowest BCUT2D eigenvalue weighted by molar-refractivity contribution is -0.131. The molecule has 3 heterocycles. The molecule has 0 aromatic carbocycles. The van der Waals surface area contributed by atoms with E-state index in [1.165, 1.54) is 16.9 Å². The van der Waals surface area contributed by atoms with Gasteiger partial charge in [0.15, 0.2) is 5.96 Å². The van der Waals surface area contributed by atoms with Crippen molar-refractivity contribution in [2.45, 2.75) is 39.7 Å². The molecule has 1 N–H and O–H groups in total. The molecule has 0 saturated carbocycles. The van der Waals surface area contributed by atoms with E-state index in [4.69, 9.17) is 0 Å². The predicted molar refractivity (Wildman–Crippen MR) is 119 cm³/mol. The number of halogens is 1. The third kappa shape index (κ3) is 5.34. The molecule has 2 unspecified atom stereocenters. The zero-order valence-electron chi connectivity index (χ0n) is 16.0. The van der Waals surface area contributed by atoms with Gasteiger partial charge in [0.1, 0.15) is 0 Å². The fourth-order valence-electron chi connectivity index (χ4n) is 4.07. The fourth-order valence-corrected chi connectivity index (χ4v) is 4.96. The smallest absolute Gasteiger partial charge is 0.224 e. The summed E-state index contributed by atoms with van der Waals surface area (Å²) in [5.74, 6) is 2.55. The van der Waals surface area contributed by atoms with Gasteiger partial charge in [0.05, 0.1) is 0 Å². The first-order valence-corrected chi connectivity index (χ1v) is 10.2. The number of nitrogens with one attached hydrogen (secondary N) is 1. The van der Waals surface area contributed by atoms with E-state index in [9.17, 15) is 4.79 Å². The number of guanidine groups is 1. The standard InChI is InChI=1S/C19H30N4OS.HI/c1-14-10-15(2)12-23(11-14)19(20-3)21-7-4-18(24)22-8-5-17-16(13-22)6-9-25-17;/h6,9,14-15H,4-5,7-8,10-13H2,1-3H3,(H,20,21);1H. The third-order valence-electron chi connectivity index (χ3n) is 5.16. The van der Waals surface area contributed by atoms with E-state index in [2.05, 4.69) is 40.5 Å². The van der Waals surface area contributed by atoms with Crippen molar-refractivity contribution in [3.63, 3.8) is 0 Å². The van der Waals surface area contributed by atoms with Crippen LogP contribution in [0.15, 0.2) is 16.4 Å². The minimum absolute atomic E-state index is 0. The maximum atomic E-state index is 12.5. The summed E-state index contributed by atoms with van der Waals surface area (Å²) in [6.07, 6.45) is 2.81. The lowest BCUT2D eigenvalue weighted by atomic mass is 9.92. The van der Waals surface area contributed by atoms with Crippen LogP contribution in [0.5, 0.6) is 0 Å². The van der Waals surface area contributed by atoms with Crippen molar-refractivity contribution in [1.29, 1.82) is 0 Å². The molecule has 2 aliphatic rings. The molecule has 1 aromatic heterocycles. The SMILES string of the molecule is CN=C(NCCC(=O)N1CCc2sccc2C1)N1CC(C)CC(C)C1.I. The highest BCUT2D eigenvalue weighted by molar-refractivity contribution is 14.0. The number of hydrogen-bond donors (Lipinski definition) is 1. The van der Waals surface area contributed by atoms with Gasteiger partial charge < -0.3 is 15.1 Å². The molecule has 0 aliphatic carbocycles. The van der Waals surface area contributed by atoms with Gasteiger partial charge in [0, 0.05) is 51.1 Å². The van der Waals surface area contributed by atoms with Crippen LogP contribution in [0.25, 0.3) is 0 Å². The van der Waals surface area contributed by atoms with Gasteiger partial charge in [-0.05, 0) is 41.7 Å². The Morgan fingerprint density at radius 1 is 1.31 bits per heavy atom. The Labute approximate surface area is 178 Å². The minimum atomic E-state index is 0. The first kappa shape index (κ1) is 21.5. The number of rotatable bonds is 3. The third-order valence-corrected chi connectivity index (χ3v) is 6.19. The van der Waals surface area contributed by atoms with Crippen molar-refractivity contribution in [2.75, 3.05) is 33.2 Å². The van der Waals surface area contributed by atoms with E-state index in [-0.39, 0.29) is 29.9 Å². The van der Waals surface area contributed by atoms with E-state index in [0.717, 1.165) is 38.6 Å². The quantitative estimate of drug-likeness (QED) is 0.402. The van der Waals surface area contributed by atoms with Gasteiger partial charge in [0.25, 0.3) is 0 Å². The summed E-state index contributed by atoms with van der Waals surface area (Å²) in [5.41, 5.74) is 1.32. The number of likely N-dealkylation sites (tertiary alicyclic amines) is 1. The zero-order valence-corrected chi connectivity index (χ0v) is 19.2. The van der Waals surface area contributed by atoms with Crippen molar-refractivity contribution in [1.82, 2.24) is 15.1 Å². The molecule has 0 spiro atoms. The second kappa shape index (κ2) is 9.92. The highest BCUT2D eigenvalue weighted by Crippen LogP contribution is 2.24. The van der Waals surface area contributed by atoms with Crippen LogP contribution in [-0.4, -0.2) is 54.9 Å². The Morgan fingerprint density at radius 2 is 2.04 bits per heavy atom. The van der Waals surface area contributed by atoms with Gasteiger partial charge >= 0.3 is 0 Å². The summed E-state index contributed by atoms with van der Waals surface area (Å²) < 4.78 is 0. The lowest BCUT2D eigenvalue weighted by Crippen LogP contribution is -2.49. The number of hydrogen-bond acceptors (Lipinski definition) is 3. The van der Waals surface area contributed by atoms with Gasteiger partial charge in [0.2, 0.25) is 5.91 Å². The fraction of sp³-hybridized carbons (Fsp3) is 0.684. The molecule has 1 saturated heterocycles. The van der Waals surface area contributed by atoms with Crippen LogP contribution in [-0.2, 0) is 17.8 Å². The van der Waals surface area contributed by atoms with Crippen molar-refractivity contribution in [3.05, 3.63) is 21.9 Å². The number of piperidine rings is 1. The molecule has 0 bridgehead atoms. The molecule has 146 valence electrons. The number of nitrogens with zero attached hydrogens (tertiary/aromatic N) is 3. The molecular weight excluding hydrogens is 459 g/mol. The molecule has 1 fully saturated rings. The summed E-state index contributed by atoms with van der Waals surface area (Å²) in [6.45, 7) is 8.96. The summed E-state index contributed by atoms with van der Waals surface area (Å²) in [5, 5.41) is 5.52. The Kier molecular flexibility index (Phi) is 8.19. The maximum Gasteiger partial charge on any atom is 0.224 e. The monoisotopic (exact) mass is 490 g/mol. The molecule has 2 atom stereocenters. The molecular formula is C19H31IN4OS. The number of carbonyl (C=O) groups excluding carboxylic acids is 1. The van der Waals surface area contributed by atoms with Gasteiger partial charge in [-0.3, -0.25) is 9.79 Å². The lowest BCUT2D eigenvalue weighted by Gasteiger charge is -2.37. The molecule has 5 nitrogen and oxygen atoms in total. The van der Waals surface area contributed by atoms with E-state index < -0.39 is 0 Å². The number of amides is 1. The molecule has 7 heteroatoms. The summed E-state index contributed by atoms with van der Waals surface area (Å²) in [7, 11) is 1.83. The summed E-state index contributed by atoms with van der Waals surface area (Å²) in [6, 6.07) is 2.15. The molecule has 0 radical (unpaired) electrons. The highest BCUT2D eigenvalue weighted by Gasteiger charge is 2.25. The van der Waals surface area contributed by atoms with E-state index in [1.54, 1.807) is 0 Å². The van der Waals surface area contributed by atoms with Crippen LogP contribution in [0.2, 0.25) is 0 Å². The highest BCUT2D eigenvalue weighted by atomic mass is 127. The van der Waals surface area contributed by atoms with Crippen LogP contribution >= 0.6 is 35.3 Å². The van der Waals surface area contributed by atoms with Crippen molar-refractivity contribution in [3.8, 4) is 0 Å². The minimum Gasteiger partial charge on any atom is -0.356 e. The van der Waals surface area contributed by atoms with Crippen LogP contribution in [0.4, 0.5) is 0 Å². The number of carbonyl (C=O) groups is 1. The Bertz CT molecular complexity index is 623. The summed E-state index contributed by atoms with van der Waals surface area (Å²) >= 11 is 1.81. The molecule has 1 aromatic rings. The Hall–Kier alpha value is -0.830. The van der Waals surface area contributed by atoms with Crippen LogP contribution in [0, 0.1) is 11.8 Å². The van der Waals surface area contributed by atoms with Crippen molar-refractivity contribution < 1.29 is 4.79 Å². The van der Waals surface area contributed by atoms with E-state index >= 15 is 0 Å². The second-order valence-corrected chi connectivity index (χ2v) is 8.51. The first-order chi connectivity index (χ1) is 12.1. The van der Waals surface area contributed by atoms with E-state index in [1.807, 2.05) is 23.3 Å². The number of thiophene rings is 1. The normalized spacial score (nSPS) is 23.3. The van der Waals surface area contributed by atoms with Crippen LogP contribution in [0.3, 0.4) is 0 Å². The Morgan fingerprint density at radius 3 is 2.73 bits per heavy atom. The van der Waals surface area contributed by atoms with Crippen LogP contribution < -0.4 is 5.32 Å². The van der Waals surface area contributed by atoms with Gasteiger partial charge in [-0.2, -0.15) is 0 Å². The molecule has 26 heavy (non-hydrogen) atoms. The van der Waals surface area contributed by atoms with Crippen molar-refractivity contribution in [2.24, 2.45) is 16.8 Å². The molecule has 2 aliphatic heterocycles. The van der Waals surface area contributed by atoms with E-state index in [0.29, 0.717) is 24.8 Å². The predicted octanol–water partition coefficient (Wildman–Crippen LogP) is 3.19. The first-order valence-electron chi connectivity index (χ1n) is 9.35. The number of aliphatic imine (C=N–C) groups is 1. The summed E-state index contributed by atoms with van der Waals surface area (Å²) in [4.78, 5) is 22.7. The topological polar surface area (TPSA) is 47.9 Å². The van der Waals surface area contributed by atoms with Crippen molar-refractivity contribution >= 4 is 47.2 Å². The Balaban J connectivity index is 0.00000243. The van der Waals surface area contributed by atoms with Gasteiger partial charge in [-0.25, -0.2) is 0 Å². The largest absolute Gasteiger partial charge is 0.356 e. The maximum absolute atomic E-state index is 12.5. The molecule has 1 amide bonds. The average Bonchev–Trinajstić information content (AvgIpc) is 3.05. The van der Waals surface area contributed by atoms with Gasteiger partial charge in [-0.1, -0.05) is 13.8 Å². The number of fused-ring (bicyclic) bond motifs is 1. The zero-order chi connectivity index (χ0) is 17.8.